The normalized spacial score (nSPS) is 10.3. The zero-order valence-electron chi connectivity index (χ0n) is 11.3. The van der Waals surface area contributed by atoms with E-state index < -0.39 is 12.6 Å². The van der Waals surface area contributed by atoms with Crippen molar-refractivity contribution in [2.24, 2.45) is 0 Å². The zero-order chi connectivity index (χ0) is 14.5. The molecule has 0 aliphatic heterocycles. The van der Waals surface area contributed by atoms with Crippen LogP contribution in [0.2, 0.25) is 0 Å². The van der Waals surface area contributed by atoms with Gasteiger partial charge in [0.1, 0.15) is 12.4 Å². The van der Waals surface area contributed by atoms with Crippen molar-refractivity contribution in [3.05, 3.63) is 35.7 Å². The highest BCUT2D eigenvalue weighted by atomic mass is 16.5. The summed E-state index contributed by atoms with van der Waals surface area (Å²) in [6, 6.07) is 7.01. The molecule has 0 saturated carbocycles. The second kappa shape index (κ2) is 6.21. The van der Waals surface area contributed by atoms with E-state index in [9.17, 15) is 9.90 Å². The summed E-state index contributed by atoms with van der Waals surface area (Å²) in [7, 11) is 1.57. The van der Waals surface area contributed by atoms with Gasteiger partial charge in [-0.1, -0.05) is 0 Å². The topological polar surface area (TPSA) is 81.8 Å². The molecule has 0 unspecified atom stereocenters. The molecule has 6 heteroatoms. The molecule has 106 valence electrons. The fourth-order valence-corrected chi connectivity index (χ4v) is 1.67. The number of carbonyl (C=O) groups excluding carboxylic acids is 1. The zero-order valence-corrected chi connectivity index (χ0v) is 11.3. The van der Waals surface area contributed by atoms with Crippen molar-refractivity contribution in [2.75, 3.05) is 13.7 Å². The van der Waals surface area contributed by atoms with Crippen molar-refractivity contribution in [1.29, 1.82) is 0 Å². The van der Waals surface area contributed by atoms with Gasteiger partial charge >= 0.3 is 5.97 Å². The predicted octanol–water partition coefficient (Wildman–Crippen LogP) is 2.02. The predicted molar refractivity (Wildman–Crippen MR) is 70.4 cm³/mol. The van der Waals surface area contributed by atoms with Gasteiger partial charge in [0.05, 0.1) is 13.7 Å². The monoisotopic (exact) mass is 277 g/mol. The molecule has 0 aliphatic rings. The second-order valence-corrected chi connectivity index (χ2v) is 3.90. The Labute approximate surface area is 116 Å². The number of esters is 1. The molecule has 2 rings (SSSR count). The fraction of sp³-hybridized carbons (Fsp3) is 0.286. The quantitative estimate of drug-likeness (QED) is 0.842. The Morgan fingerprint density at radius 2 is 2.05 bits per heavy atom. The first kappa shape index (κ1) is 14.1. The van der Waals surface area contributed by atoms with Gasteiger partial charge < -0.3 is 19.0 Å². The molecule has 0 atom stereocenters. The van der Waals surface area contributed by atoms with Crippen LogP contribution < -0.4 is 4.74 Å². The largest absolute Gasteiger partial charge is 0.497 e. The maximum Gasteiger partial charge on any atom is 0.360 e. The number of rotatable bonds is 5. The summed E-state index contributed by atoms with van der Waals surface area (Å²) >= 11 is 0. The summed E-state index contributed by atoms with van der Waals surface area (Å²) in [5, 5.41) is 9.22. The van der Waals surface area contributed by atoms with Crippen LogP contribution in [0.1, 0.15) is 23.2 Å². The Balaban J connectivity index is 2.34. The van der Waals surface area contributed by atoms with Gasteiger partial charge in [0.25, 0.3) is 0 Å². The number of aliphatic hydroxyl groups excluding tert-OH is 1. The summed E-state index contributed by atoms with van der Waals surface area (Å²) in [6.45, 7) is 1.51. The molecule has 0 bridgehead atoms. The van der Waals surface area contributed by atoms with Crippen LogP contribution in [-0.4, -0.2) is 29.8 Å². The van der Waals surface area contributed by atoms with Gasteiger partial charge in [-0.05, 0) is 31.2 Å². The van der Waals surface area contributed by atoms with Crippen LogP contribution in [0.15, 0.2) is 28.7 Å². The number of hydrogen-bond acceptors (Lipinski definition) is 6. The number of methoxy groups -OCH3 is 1. The summed E-state index contributed by atoms with van der Waals surface area (Å²) < 4.78 is 15.3. The standard InChI is InChI=1S/C14H15NO5/c1-3-19-14(17)12-11(8-16)20-13(15-12)9-4-6-10(18-2)7-5-9/h4-7,16H,3,8H2,1-2H3. The molecule has 1 heterocycles. The van der Waals surface area contributed by atoms with Crippen LogP contribution in [0.25, 0.3) is 11.5 Å². The Kier molecular flexibility index (Phi) is 4.37. The van der Waals surface area contributed by atoms with Gasteiger partial charge in [0.15, 0.2) is 11.5 Å². The SMILES string of the molecule is CCOC(=O)c1nc(-c2ccc(OC)cc2)oc1CO. The van der Waals surface area contributed by atoms with Crippen molar-refractivity contribution < 1.29 is 23.8 Å². The molecule has 0 saturated heterocycles. The number of hydrogen-bond donors (Lipinski definition) is 1. The highest BCUT2D eigenvalue weighted by Gasteiger charge is 2.21. The van der Waals surface area contributed by atoms with Crippen LogP contribution in [0.3, 0.4) is 0 Å². The molecule has 0 fully saturated rings. The Morgan fingerprint density at radius 3 is 2.60 bits per heavy atom. The van der Waals surface area contributed by atoms with Crippen molar-refractivity contribution in [3.8, 4) is 17.2 Å². The lowest BCUT2D eigenvalue weighted by Crippen LogP contribution is -2.07. The number of aliphatic hydroxyl groups is 1. The van der Waals surface area contributed by atoms with Gasteiger partial charge in [-0.25, -0.2) is 9.78 Å². The minimum atomic E-state index is -0.611. The molecule has 0 spiro atoms. The summed E-state index contributed by atoms with van der Waals surface area (Å²) in [5.74, 6) is 0.433. The molecule has 1 N–H and O–H groups in total. The molecule has 20 heavy (non-hydrogen) atoms. The third kappa shape index (κ3) is 2.80. The molecular formula is C14H15NO5. The highest BCUT2D eigenvalue weighted by Crippen LogP contribution is 2.24. The van der Waals surface area contributed by atoms with Gasteiger partial charge in [-0.3, -0.25) is 0 Å². The third-order valence-electron chi connectivity index (χ3n) is 2.65. The fourth-order valence-electron chi connectivity index (χ4n) is 1.67. The maximum absolute atomic E-state index is 11.7. The van der Waals surface area contributed by atoms with E-state index in [1.54, 1.807) is 38.3 Å². The first-order chi connectivity index (χ1) is 9.69. The lowest BCUT2D eigenvalue weighted by molar-refractivity contribution is 0.0514. The number of aromatic nitrogens is 1. The molecule has 1 aromatic carbocycles. The van der Waals surface area contributed by atoms with Crippen molar-refractivity contribution >= 4 is 5.97 Å². The minimum absolute atomic E-state index is 0.000156. The van der Waals surface area contributed by atoms with Gasteiger partial charge in [-0.2, -0.15) is 0 Å². The van der Waals surface area contributed by atoms with E-state index in [-0.39, 0.29) is 24.0 Å². The number of carbonyl (C=O) groups is 1. The lowest BCUT2D eigenvalue weighted by atomic mass is 10.2. The smallest absolute Gasteiger partial charge is 0.360 e. The molecular weight excluding hydrogens is 262 g/mol. The first-order valence-corrected chi connectivity index (χ1v) is 6.11. The Morgan fingerprint density at radius 1 is 1.35 bits per heavy atom. The van der Waals surface area contributed by atoms with E-state index in [4.69, 9.17) is 13.9 Å². The van der Waals surface area contributed by atoms with Gasteiger partial charge in [-0.15, -0.1) is 0 Å². The minimum Gasteiger partial charge on any atom is -0.497 e. The second-order valence-electron chi connectivity index (χ2n) is 3.90. The summed E-state index contributed by atoms with van der Waals surface area (Å²) in [5.41, 5.74) is 0.677. The van der Waals surface area contributed by atoms with E-state index in [1.165, 1.54) is 0 Å². The number of benzene rings is 1. The number of nitrogens with zero attached hydrogens (tertiary/aromatic N) is 1. The summed E-state index contributed by atoms with van der Waals surface area (Å²) in [6.07, 6.45) is 0. The average molecular weight is 277 g/mol. The van der Waals surface area contributed by atoms with E-state index in [2.05, 4.69) is 4.98 Å². The van der Waals surface area contributed by atoms with E-state index in [0.29, 0.717) is 11.3 Å². The molecule has 0 amide bonds. The van der Waals surface area contributed by atoms with Crippen molar-refractivity contribution in [2.45, 2.75) is 13.5 Å². The van der Waals surface area contributed by atoms with Crippen LogP contribution in [0.5, 0.6) is 5.75 Å². The van der Waals surface area contributed by atoms with Gasteiger partial charge in [0.2, 0.25) is 5.89 Å². The average Bonchev–Trinajstić information content (AvgIpc) is 2.92. The van der Waals surface area contributed by atoms with Crippen molar-refractivity contribution in [3.63, 3.8) is 0 Å². The van der Waals surface area contributed by atoms with Crippen LogP contribution in [-0.2, 0) is 11.3 Å². The van der Waals surface area contributed by atoms with E-state index in [0.717, 1.165) is 0 Å². The Hall–Kier alpha value is -2.34. The van der Waals surface area contributed by atoms with E-state index in [1.807, 2.05) is 0 Å². The first-order valence-electron chi connectivity index (χ1n) is 6.11. The van der Waals surface area contributed by atoms with Crippen LogP contribution in [0.4, 0.5) is 0 Å². The van der Waals surface area contributed by atoms with E-state index >= 15 is 0 Å². The van der Waals surface area contributed by atoms with Gasteiger partial charge in [0, 0.05) is 5.56 Å². The Bertz CT molecular complexity index is 588. The third-order valence-corrected chi connectivity index (χ3v) is 2.65. The van der Waals surface area contributed by atoms with Crippen molar-refractivity contribution in [1.82, 2.24) is 4.98 Å². The highest BCUT2D eigenvalue weighted by molar-refractivity contribution is 5.89. The molecule has 6 nitrogen and oxygen atoms in total. The maximum atomic E-state index is 11.7. The number of ether oxygens (including phenoxy) is 2. The number of oxazole rings is 1. The molecule has 2 aromatic rings. The molecule has 1 aromatic heterocycles. The lowest BCUT2D eigenvalue weighted by Gasteiger charge is -1.99. The molecule has 0 aliphatic carbocycles. The summed E-state index contributed by atoms with van der Waals surface area (Å²) in [4.78, 5) is 15.8. The molecule has 0 radical (unpaired) electrons. The van der Waals surface area contributed by atoms with Crippen LogP contribution >= 0.6 is 0 Å². The van der Waals surface area contributed by atoms with Crippen LogP contribution in [0, 0.1) is 0 Å².